The lowest BCUT2D eigenvalue weighted by atomic mass is 9.33. The molecule has 10 aliphatic rings. The van der Waals surface area contributed by atoms with E-state index < -0.39 is 225 Å². The summed E-state index contributed by atoms with van der Waals surface area (Å²) in [6.07, 6.45) is -39.2. The molecule has 0 bridgehead atoms. The molecule has 0 radical (unpaired) electrons. The van der Waals surface area contributed by atoms with E-state index >= 15 is 0 Å². The van der Waals surface area contributed by atoms with Crippen molar-refractivity contribution in [2.75, 3.05) is 33.0 Å². The van der Waals surface area contributed by atoms with Crippen molar-refractivity contribution in [2.45, 2.75) is 266 Å². The van der Waals surface area contributed by atoms with E-state index in [1.807, 2.05) is 20.8 Å². The van der Waals surface area contributed by atoms with Gasteiger partial charge in [-0.1, -0.05) is 60.1 Å². The molecule has 0 spiro atoms. The van der Waals surface area contributed by atoms with Crippen LogP contribution in [0.2, 0.25) is 0 Å². The summed E-state index contributed by atoms with van der Waals surface area (Å²) in [5.41, 5.74) is -2.58. The van der Waals surface area contributed by atoms with Crippen LogP contribution in [0.1, 0.15) is 99.8 Å². The number of carbonyl (C=O) groups is 1. The highest BCUT2D eigenvalue weighted by Crippen LogP contribution is 2.76. The fraction of sp³-hybridized carbons (Fsp3) is 0.949. The van der Waals surface area contributed by atoms with Gasteiger partial charge in [-0.15, -0.1) is 0 Å². The molecule has 29 nitrogen and oxygen atoms in total. The van der Waals surface area contributed by atoms with Gasteiger partial charge in [0, 0.05) is 10.8 Å². The van der Waals surface area contributed by atoms with Crippen LogP contribution in [-0.4, -0.2) is 297 Å². The molecule has 0 aromatic heterocycles. The second-order valence-electron chi connectivity index (χ2n) is 28.8. The van der Waals surface area contributed by atoms with E-state index in [0.717, 1.165) is 0 Å². The van der Waals surface area contributed by atoms with Crippen molar-refractivity contribution in [3.8, 4) is 0 Å². The van der Waals surface area contributed by atoms with Crippen molar-refractivity contribution < 1.29 is 144 Å². The molecule has 18 N–H and O–H groups in total. The highest BCUT2D eigenvalue weighted by molar-refractivity contribution is 5.73. The first kappa shape index (κ1) is 69.0. The average molecular weight is 1270 g/mol. The van der Waals surface area contributed by atoms with Crippen LogP contribution in [-0.2, 0) is 52.2 Å². The lowest BCUT2D eigenvalue weighted by Gasteiger charge is -2.72. The first-order valence-corrected chi connectivity index (χ1v) is 31.0. The van der Waals surface area contributed by atoms with E-state index in [-0.39, 0.29) is 36.2 Å². The Morgan fingerprint density at radius 3 is 1.60 bits per heavy atom. The Labute approximate surface area is 509 Å². The Bertz CT molecular complexity index is 2460. The minimum atomic E-state index is -2.17. The van der Waals surface area contributed by atoms with Crippen molar-refractivity contribution in [1.82, 2.24) is 0 Å². The lowest BCUT2D eigenvalue weighted by Crippen LogP contribution is -2.69. The number of allylic oxidation sites excluding steroid dienone is 2. The van der Waals surface area contributed by atoms with Gasteiger partial charge in [0.25, 0.3) is 0 Å². The molecule has 5 aliphatic heterocycles. The zero-order valence-corrected chi connectivity index (χ0v) is 50.6. The zero-order chi connectivity index (χ0) is 64.4. The third-order valence-electron chi connectivity index (χ3n) is 23.6. The second-order valence-corrected chi connectivity index (χ2v) is 28.8. The molecule has 9 fully saturated rings. The molecule has 0 amide bonds. The van der Waals surface area contributed by atoms with Gasteiger partial charge in [0.15, 0.2) is 37.6 Å². The van der Waals surface area contributed by atoms with Gasteiger partial charge in [-0.05, 0) is 90.8 Å². The van der Waals surface area contributed by atoms with Crippen molar-refractivity contribution in [2.24, 2.45) is 50.2 Å². The molecule has 0 aromatic carbocycles. The molecule has 4 saturated carbocycles. The summed E-state index contributed by atoms with van der Waals surface area (Å²) in [6.45, 7) is 11.5. The van der Waals surface area contributed by atoms with Crippen LogP contribution in [0.5, 0.6) is 0 Å². The summed E-state index contributed by atoms with van der Waals surface area (Å²) >= 11 is 0. The molecule has 5 saturated heterocycles. The first-order valence-electron chi connectivity index (χ1n) is 31.0. The van der Waals surface area contributed by atoms with E-state index in [4.69, 9.17) is 47.4 Å². The zero-order valence-electron chi connectivity index (χ0n) is 50.6. The first-order chi connectivity index (χ1) is 41.2. The van der Waals surface area contributed by atoms with Crippen molar-refractivity contribution in [3.63, 3.8) is 0 Å². The number of carboxylic acids is 1. The molecule has 0 aromatic rings. The highest BCUT2D eigenvalue weighted by Gasteiger charge is 2.71. The maximum atomic E-state index is 12.6. The van der Waals surface area contributed by atoms with Gasteiger partial charge in [0.05, 0.1) is 51.3 Å². The molecule has 88 heavy (non-hydrogen) atoms. The number of hydrogen-bond acceptors (Lipinski definition) is 28. The molecular formula is C59H96O29. The summed E-state index contributed by atoms with van der Waals surface area (Å²) < 4.78 is 60.2. The van der Waals surface area contributed by atoms with E-state index in [9.17, 15) is 96.7 Å². The SMILES string of the molecule is CC1(C)CC2C3=CCC4[C@@]5(C)CC[C@H](O[C@@H]6O[C@H](C(=O)O)[C@@H](O)[C@H](O)[C@H]6O[C@@H]6O[C@H](CO)[C@H](O)[C@H](O)[C@H]6O[C@@H]6O[C@H](CO)[C@@H](O)[C@H](O)[C@H]6O)[C@](C)(CO)C5CC[C@@]4(C)C3(C)CC[C@@]2(C)[C@H](O[C@@H]2OC[C@@H](O)[C@H](O[C@@H]3O[C@H](CO)[C@@H](O)[C@H](O)[C@H]3O)[C@H]2O)[C@@H]1O. The van der Waals surface area contributed by atoms with Gasteiger partial charge in [0.1, 0.15) is 110 Å². The third-order valence-corrected chi connectivity index (χ3v) is 23.6. The van der Waals surface area contributed by atoms with Gasteiger partial charge < -0.3 is 139 Å². The number of carboxylic acid groups (broad SMARTS) is 1. The van der Waals surface area contributed by atoms with Crippen LogP contribution in [0.4, 0.5) is 0 Å². The number of hydrogen-bond donors (Lipinski definition) is 18. The molecule has 35 atom stereocenters. The summed E-state index contributed by atoms with van der Waals surface area (Å²) in [6, 6.07) is 0. The number of aliphatic hydroxyl groups is 17. The molecule has 5 heterocycles. The van der Waals surface area contributed by atoms with E-state index in [2.05, 4.69) is 33.8 Å². The number of fused-ring (bicyclic) bond motifs is 7. The number of rotatable bonds is 15. The monoisotopic (exact) mass is 1270 g/mol. The van der Waals surface area contributed by atoms with Gasteiger partial charge in [-0.3, -0.25) is 0 Å². The Kier molecular flexibility index (Phi) is 19.9. The van der Waals surface area contributed by atoms with Crippen molar-refractivity contribution in [3.05, 3.63) is 11.6 Å². The summed E-state index contributed by atoms with van der Waals surface area (Å²) in [5.74, 6) is -2.05. The minimum absolute atomic E-state index is 0.0245. The summed E-state index contributed by atoms with van der Waals surface area (Å²) in [5, 5.41) is 196. The Hall–Kier alpha value is -1.87. The van der Waals surface area contributed by atoms with Crippen LogP contribution in [0.3, 0.4) is 0 Å². The molecule has 506 valence electrons. The number of ether oxygens (including phenoxy) is 10. The molecule has 5 aliphatic carbocycles. The molecule has 10 rings (SSSR count). The molecular weight excluding hydrogens is 1170 g/mol. The van der Waals surface area contributed by atoms with Gasteiger partial charge in [0.2, 0.25) is 0 Å². The van der Waals surface area contributed by atoms with Gasteiger partial charge in [-0.25, -0.2) is 4.79 Å². The number of aliphatic hydroxyl groups excluding tert-OH is 17. The minimum Gasteiger partial charge on any atom is -0.479 e. The highest BCUT2D eigenvalue weighted by atomic mass is 16.8. The standard InChI is InChI=1S/C59H96O29/c1-54(2)16-23-22-8-9-29-56(4)12-11-30(83-53-45(38(72)37(71)43(85-53)48(77)78)87-52-44(36(70)33(67)27(19-62)82-52)86-51-40(74)35(69)32(66)26(18-61)81-51)57(5,21-63)28(56)10-13-59(29,7)58(22,6)15-14-55(23,3)47(46(54)76)88-49-41(75)42(24(64)20-79-49)84-50-39(73)34(68)31(65)25(17-60)80-50/h8,23-47,49-53,60-76H,9-21H2,1-7H3,(H,77,78)/t23?,24-,25-,26-,27-,28?,29?,30+,31-,32-,33+,34+,35+,36+,37+,38+,39-,40-,41-,42+,43+,44-,45-,46+,47-,49+,50+,51+,52+,53-,55-,56+,57-,58?,59-/m1/s1. The normalized spacial score (nSPS) is 55.5. The average Bonchev–Trinajstić information content (AvgIpc) is 0.677. The van der Waals surface area contributed by atoms with Gasteiger partial charge >= 0.3 is 5.97 Å². The number of aliphatic carboxylic acids is 1. The Balaban J connectivity index is 0.892. The predicted octanol–water partition coefficient (Wildman–Crippen LogP) is -5.06. The fourth-order valence-electron chi connectivity index (χ4n) is 17.9. The fourth-order valence-corrected chi connectivity index (χ4v) is 17.9. The van der Waals surface area contributed by atoms with Crippen molar-refractivity contribution >= 4 is 5.97 Å². The van der Waals surface area contributed by atoms with Crippen molar-refractivity contribution in [1.29, 1.82) is 0 Å². The Morgan fingerprint density at radius 2 is 1.05 bits per heavy atom. The predicted molar refractivity (Wildman–Crippen MR) is 293 cm³/mol. The third kappa shape index (κ3) is 11.2. The van der Waals surface area contributed by atoms with Crippen LogP contribution in [0.15, 0.2) is 11.6 Å². The smallest absolute Gasteiger partial charge is 0.335 e. The maximum absolute atomic E-state index is 12.6. The van der Waals surface area contributed by atoms with Crippen LogP contribution < -0.4 is 0 Å². The summed E-state index contributed by atoms with van der Waals surface area (Å²) in [7, 11) is 0. The lowest BCUT2D eigenvalue weighted by molar-refractivity contribution is -0.397. The second kappa shape index (κ2) is 25.4. The van der Waals surface area contributed by atoms with Gasteiger partial charge in [-0.2, -0.15) is 0 Å². The van der Waals surface area contributed by atoms with Crippen LogP contribution in [0.25, 0.3) is 0 Å². The van der Waals surface area contributed by atoms with Crippen LogP contribution in [0, 0.1) is 50.2 Å². The van der Waals surface area contributed by atoms with Crippen LogP contribution >= 0.6 is 0 Å². The van der Waals surface area contributed by atoms with E-state index in [0.29, 0.717) is 44.9 Å². The quantitative estimate of drug-likeness (QED) is 0.0539. The Morgan fingerprint density at radius 1 is 0.523 bits per heavy atom. The maximum Gasteiger partial charge on any atom is 0.335 e. The molecule has 29 heteroatoms. The van der Waals surface area contributed by atoms with E-state index in [1.165, 1.54) is 5.57 Å². The van der Waals surface area contributed by atoms with E-state index in [1.54, 1.807) is 0 Å². The molecule has 4 unspecified atom stereocenters. The summed E-state index contributed by atoms with van der Waals surface area (Å²) in [4.78, 5) is 12.6. The topological polar surface area (TPSA) is 474 Å². The largest absolute Gasteiger partial charge is 0.479 e.